The molecule has 5 nitrogen and oxygen atoms in total. The second-order valence-corrected chi connectivity index (χ2v) is 12.3. The molecule has 3 aliphatic rings. The van der Waals surface area contributed by atoms with Crippen molar-refractivity contribution < 1.29 is 23.9 Å². The molecule has 0 radical (unpaired) electrons. The van der Waals surface area contributed by atoms with E-state index in [2.05, 4.69) is 26.8 Å². The normalized spacial score (nSPS) is 35.0. The van der Waals surface area contributed by atoms with Gasteiger partial charge in [0.15, 0.2) is 5.60 Å². The van der Waals surface area contributed by atoms with Crippen molar-refractivity contribution in [1.82, 2.24) is 0 Å². The van der Waals surface area contributed by atoms with Crippen molar-refractivity contribution in [2.45, 2.75) is 72.5 Å². The summed E-state index contributed by atoms with van der Waals surface area (Å²) in [4.78, 5) is 40.0. The number of carbonyl (C=O) groups excluding carboxylic acids is 3. The summed E-state index contributed by atoms with van der Waals surface area (Å²) in [6, 6.07) is 13.4. The van der Waals surface area contributed by atoms with E-state index >= 15 is 0 Å². The fraction of sp³-hybridized carbons (Fsp3) is 0.485. The van der Waals surface area contributed by atoms with Gasteiger partial charge in [-0.05, 0) is 78.3 Å². The van der Waals surface area contributed by atoms with Crippen LogP contribution in [-0.4, -0.2) is 29.4 Å². The molecule has 3 aliphatic carbocycles. The standard InChI is InChI=1S/C33H38O5/c1-19-11-14-26-27(32(26,5)6)16-20(2)30(35)33(38-22(4)34)18-21(3)29(28(33)15-19)37-31(36)25-13-12-23-9-7-8-10-24(23)17-25/h7-10,12-13,15-17,21,26-29H,11,14,18H2,1-6H3/b19-15-,20-16+/t21-,26-,27+,28-,29-,33+/m0/s1. The quantitative estimate of drug-likeness (QED) is 0.331. The molecule has 200 valence electrons. The van der Waals surface area contributed by atoms with Crippen molar-refractivity contribution in [3.05, 3.63) is 71.3 Å². The van der Waals surface area contributed by atoms with Gasteiger partial charge in [0.25, 0.3) is 0 Å². The van der Waals surface area contributed by atoms with E-state index in [0.29, 0.717) is 29.4 Å². The Morgan fingerprint density at radius 1 is 0.974 bits per heavy atom. The minimum atomic E-state index is -1.40. The van der Waals surface area contributed by atoms with Crippen molar-refractivity contribution in [2.24, 2.45) is 29.1 Å². The molecular formula is C33H38O5. The fourth-order valence-corrected chi connectivity index (χ4v) is 7.05. The summed E-state index contributed by atoms with van der Waals surface area (Å²) in [7, 11) is 0. The molecule has 0 unspecified atom stereocenters. The van der Waals surface area contributed by atoms with Crippen molar-refractivity contribution in [3.8, 4) is 0 Å². The van der Waals surface area contributed by atoms with E-state index in [-0.39, 0.29) is 17.1 Å². The van der Waals surface area contributed by atoms with E-state index in [1.54, 1.807) is 6.07 Å². The third-order valence-corrected chi connectivity index (χ3v) is 9.26. The highest BCUT2D eigenvalue weighted by molar-refractivity contribution is 6.03. The van der Waals surface area contributed by atoms with Gasteiger partial charge >= 0.3 is 11.9 Å². The lowest BCUT2D eigenvalue weighted by Crippen LogP contribution is -2.48. The molecule has 0 amide bonds. The van der Waals surface area contributed by atoms with Gasteiger partial charge in [-0.2, -0.15) is 0 Å². The number of esters is 2. The van der Waals surface area contributed by atoms with Crippen LogP contribution in [0, 0.1) is 29.1 Å². The second kappa shape index (κ2) is 9.52. The minimum absolute atomic E-state index is 0.149. The molecule has 2 aromatic carbocycles. The van der Waals surface area contributed by atoms with Crippen molar-refractivity contribution >= 4 is 28.5 Å². The highest BCUT2D eigenvalue weighted by Crippen LogP contribution is 2.62. The van der Waals surface area contributed by atoms with Crippen LogP contribution in [0.15, 0.2) is 65.8 Å². The van der Waals surface area contributed by atoms with Gasteiger partial charge in [0.05, 0.1) is 11.5 Å². The molecule has 0 bridgehead atoms. The van der Waals surface area contributed by atoms with E-state index in [4.69, 9.17) is 9.47 Å². The summed E-state index contributed by atoms with van der Waals surface area (Å²) in [6.07, 6.45) is 5.76. The largest absolute Gasteiger partial charge is 0.458 e. The van der Waals surface area contributed by atoms with Crippen LogP contribution in [0.2, 0.25) is 0 Å². The number of fused-ring (bicyclic) bond motifs is 3. The number of ketones is 1. The van der Waals surface area contributed by atoms with Gasteiger partial charge in [-0.3, -0.25) is 9.59 Å². The van der Waals surface area contributed by atoms with Crippen molar-refractivity contribution in [1.29, 1.82) is 0 Å². The molecule has 0 spiro atoms. The summed E-state index contributed by atoms with van der Waals surface area (Å²) < 4.78 is 12.2. The van der Waals surface area contributed by atoms with Crippen molar-refractivity contribution in [3.63, 3.8) is 0 Å². The molecule has 5 heteroatoms. The summed E-state index contributed by atoms with van der Waals surface area (Å²) >= 11 is 0. The van der Waals surface area contributed by atoms with Gasteiger partial charge in [-0.15, -0.1) is 0 Å². The zero-order valence-electron chi connectivity index (χ0n) is 23.2. The Labute approximate surface area is 225 Å². The molecule has 0 heterocycles. The van der Waals surface area contributed by atoms with E-state index in [0.717, 1.165) is 29.2 Å². The maximum Gasteiger partial charge on any atom is 0.338 e. The van der Waals surface area contributed by atoms with E-state index in [1.807, 2.05) is 56.3 Å². The number of hydrogen-bond acceptors (Lipinski definition) is 5. The van der Waals surface area contributed by atoms with Crippen LogP contribution in [0.3, 0.4) is 0 Å². The van der Waals surface area contributed by atoms with Crippen molar-refractivity contribution in [2.75, 3.05) is 0 Å². The predicted molar refractivity (Wildman–Crippen MR) is 147 cm³/mol. The van der Waals surface area contributed by atoms with E-state index < -0.39 is 29.6 Å². The third-order valence-electron chi connectivity index (χ3n) is 9.26. The van der Waals surface area contributed by atoms with Crippen LogP contribution < -0.4 is 0 Å². The molecule has 38 heavy (non-hydrogen) atoms. The molecule has 0 N–H and O–H groups in total. The van der Waals surface area contributed by atoms with Crippen LogP contribution in [0.4, 0.5) is 0 Å². The average molecular weight is 515 g/mol. The fourth-order valence-electron chi connectivity index (χ4n) is 7.05. The Morgan fingerprint density at radius 3 is 2.39 bits per heavy atom. The van der Waals surface area contributed by atoms with Gasteiger partial charge in [0, 0.05) is 13.3 Å². The predicted octanol–water partition coefficient (Wildman–Crippen LogP) is 6.85. The zero-order chi connectivity index (χ0) is 27.4. The van der Waals surface area contributed by atoms with Gasteiger partial charge in [0.1, 0.15) is 6.10 Å². The first-order valence-corrected chi connectivity index (χ1v) is 13.7. The Morgan fingerprint density at radius 2 is 1.68 bits per heavy atom. The number of rotatable bonds is 3. The Balaban J connectivity index is 1.53. The average Bonchev–Trinajstić information content (AvgIpc) is 3.28. The van der Waals surface area contributed by atoms with Crippen LogP contribution in [0.1, 0.15) is 71.2 Å². The van der Waals surface area contributed by atoms with Crippen LogP contribution >= 0.6 is 0 Å². The topological polar surface area (TPSA) is 69.7 Å². The Bertz CT molecular complexity index is 1360. The van der Waals surface area contributed by atoms with Gasteiger partial charge in [-0.25, -0.2) is 4.79 Å². The lowest BCUT2D eigenvalue weighted by Gasteiger charge is -2.34. The van der Waals surface area contributed by atoms with E-state index in [1.165, 1.54) is 6.92 Å². The minimum Gasteiger partial charge on any atom is -0.458 e. The molecule has 0 aromatic heterocycles. The highest BCUT2D eigenvalue weighted by Gasteiger charge is 2.61. The van der Waals surface area contributed by atoms with Gasteiger partial charge in [-0.1, -0.05) is 68.8 Å². The lowest BCUT2D eigenvalue weighted by atomic mass is 9.81. The highest BCUT2D eigenvalue weighted by atomic mass is 16.6. The third kappa shape index (κ3) is 4.50. The van der Waals surface area contributed by atoms with Crippen LogP contribution in [-0.2, 0) is 19.1 Å². The number of allylic oxidation sites excluding steroid dienone is 2. The summed E-state index contributed by atoms with van der Waals surface area (Å²) in [5.41, 5.74) is 0.957. The van der Waals surface area contributed by atoms with Crippen LogP contribution in [0.5, 0.6) is 0 Å². The summed E-state index contributed by atoms with van der Waals surface area (Å²) in [6.45, 7) is 11.7. The summed E-state index contributed by atoms with van der Waals surface area (Å²) in [5.74, 6) is -1.03. The molecule has 2 saturated carbocycles. The molecule has 0 aliphatic heterocycles. The zero-order valence-corrected chi connectivity index (χ0v) is 23.2. The molecular weight excluding hydrogens is 476 g/mol. The van der Waals surface area contributed by atoms with E-state index in [9.17, 15) is 14.4 Å². The molecule has 5 rings (SSSR count). The number of hydrogen-bond donors (Lipinski definition) is 0. The van der Waals surface area contributed by atoms with Crippen LogP contribution in [0.25, 0.3) is 10.8 Å². The first-order chi connectivity index (χ1) is 17.9. The second-order valence-electron chi connectivity index (χ2n) is 12.3. The lowest BCUT2D eigenvalue weighted by molar-refractivity contribution is -0.168. The molecule has 2 aromatic rings. The number of Topliss-reactive ketones (excluding diaryl/α,β-unsaturated/α-hetero) is 1. The first kappa shape index (κ1) is 26.4. The first-order valence-electron chi connectivity index (χ1n) is 13.7. The molecule has 2 fully saturated rings. The number of carbonyl (C=O) groups is 3. The number of benzene rings is 2. The van der Waals surface area contributed by atoms with Gasteiger partial charge in [0.2, 0.25) is 5.78 Å². The SMILES string of the molecule is CC(=O)O[C@]12C[C@H](C)[C@H](OC(=O)c3ccc4ccccc4c3)[C@@H]1/C=C(/C)CC[C@H]1[C@@H](/C=C(\C)C2=O)C1(C)C. The smallest absolute Gasteiger partial charge is 0.338 e. The Kier molecular flexibility index (Phi) is 6.61. The molecule has 0 saturated heterocycles. The Hall–Kier alpha value is -3.21. The monoisotopic (exact) mass is 514 g/mol. The maximum atomic E-state index is 14.2. The van der Waals surface area contributed by atoms with Gasteiger partial charge < -0.3 is 9.47 Å². The maximum absolute atomic E-state index is 14.2. The number of ether oxygens (including phenoxy) is 2. The molecule has 6 atom stereocenters. The summed E-state index contributed by atoms with van der Waals surface area (Å²) in [5, 5.41) is 2.00.